The molecule has 1 unspecified atom stereocenters. The topological polar surface area (TPSA) is 229 Å². The van der Waals surface area contributed by atoms with Crippen molar-refractivity contribution < 1.29 is 47.6 Å². The van der Waals surface area contributed by atoms with Gasteiger partial charge in [0.2, 0.25) is 11.8 Å². The maximum atomic E-state index is 15.8. The van der Waals surface area contributed by atoms with Crippen LogP contribution in [0, 0.1) is 22.0 Å². The summed E-state index contributed by atoms with van der Waals surface area (Å²) in [7, 11) is 0. The van der Waals surface area contributed by atoms with Crippen LogP contribution in [0.15, 0.2) is 72.6 Å². The molecule has 0 saturated heterocycles. The number of primary amides is 1. The number of halogens is 1. The van der Waals surface area contributed by atoms with Crippen molar-refractivity contribution in [3.05, 3.63) is 88.3 Å². The van der Waals surface area contributed by atoms with Crippen LogP contribution >= 0.6 is 0 Å². The Balaban J connectivity index is 1.56. The van der Waals surface area contributed by atoms with Crippen molar-refractivity contribution in [2.24, 2.45) is 17.6 Å². The molecular weight excluding hydrogens is 695 g/mol. The summed E-state index contributed by atoms with van der Waals surface area (Å²) < 4.78 is 25.9. The number of hydrogen-bond acceptors (Lipinski definition) is 10. The number of carbonyl (C=O) groups excluding carboxylic acids is 6. The van der Waals surface area contributed by atoms with Crippen molar-refractivity contribution >= 4 is 47.2 Å². The van der Waals surface area contributed by atoms with Gasteiger partial charge in [0, 0.05) is 49.5 Å². The highest BCUT2D eigenvalue weighted by Gasteiger charge is 2.25. The fourth-order valence-corrected chi connectivity index (χ4v) is 5.13. The molecule has 1 aliphatic heterocycles. The average Bonchev–Trinajstić information content (AvgIpc) is 3.43. The lowest BCUT2D eigenvalue weighted by Crippen LogP contribution is -2.39. The minimum atomic E-state index is -1.03. The monoisotopic (exact) mass is 738 g/mol. The minimum Gasteiger partial charge on any atom is -0.429 e. The molecule has 1 heterocycles. The van der Waals surface area contributed by atoms with Crippen LogP contribution in [-0.2, 0) is 30.5 Å². The Kier molecular flexibility index (Phi) is 16.1. The molecular formula is C36H43FN6O10. The molecule has 3 rings (SSSR count). The van der Waals surface area contributed by atoms with E-state index in [1.54, 1.807) is 38.1 Å². The van der Waals surface area contributed by atoms with Gasteiger partial charge in [-0.1, -0.05) is 32.4 Å². The van der Waals surface area contributed by atoms with Crippen LogP contribution in [0.2, 0.25) is 0 Å². The van der Waals surface area contributed by atoms with Crippen LogP contribution in [0.3, 0.4) is 0 Å². The van der Waals surface area contributed by atoms with E-state index in [4.69, 9.17) is 15.2 Å². The summed E-state index contributed by atoms with van der Waals surface area (Å²) in [5, 5.41) is 18.6. The van der Waals surface area contributed by atoms with E-state index >= 15 is 4.39 Å². The molecule has 0 radical (unpaired) electrons. The number of nitrogens with one attached hydrogen (secondary N) is 3. The number of nitrogens with zero attached hydrogens (tertiary/aromatic N) is 2. The lowest BCUT2D eigenvalue weighted by atomic mass is 9.96. The first kappa shape index (κ1) is 41.3. The van der Waals surface area contributed by atoms with E-state index in [-0.39, 0.29) is 61.7 Å². The van der Waals surface area contributed by atoms with Crippen LogP contribution in [0.5, 0.6) is 5.75 Å². The maximum absolute atomic E-state index is 15.8. The molecule has 16 nitrogen and oxygen atoms in total. The molecule has 17 heteroatoms. The summed E-state index contributed by atoms with van der Waals surface area (Å²) in [4.78, 5) is 83.9. The number of imide groups is 1. The summed E-state index contributed by atoms with van der Waals surface area (Å²) in [6.07, 6.45) is 4.63. The average molecular weight is 739 g/mol. The van der Waals surface area contributed by atoms with Gasteiger partial charge in [-0.05, 0) is 67.5 Å². The van der Waals surface area contributed by atoms with Crippen molar-refractivity contribution in [2.45, 2.75) is 65.0 Å². The van der Waals surface area contributed by atoms with Gasteiger partial charge in [-0.15, -0.1) is 0 Å². The third kappa shape index (κ3) is 14.2. The maximum Gasteiger partial charge on any atom is 0.514 e. The summed E-state index contributed by atoms with van der Waals surface area (Å²) in [5.41, 5.74) is 5.88. The van der Waals surface area contributed by atoms with Crippen molar-refractivity contribution in [2.75, 3.05) is 18.4 Å². The Hall–Kier alpha value is -6.13. The number of hydrogen-bond donors (Lipinski definition) is 4. The molecule has 0 fully saturated rings. The highest BCUT2D eigenvalue weighted by molar-refractivity contribution is 6.12. The Morgan fingerprint density at radius 3 is 2.23 bits per heavy atom. The molecule has 0 aromatic heterocycles. The van der Waals surface area contributed by atoms with Gasteiger partial charge in [0.15, 0.2) is 0 Å². The molecule has 2 aromatic carbocycles. The number of nitro benzene ring substituents is 1. The lowest BCUT2D eigenvalue weighted by molar-refractivity contribution is -0.384. The first-order chi connectivity index (χ1) is 25.2. The van der Waals surface area contributed by atoms with Gasteiger partial charge in [-0.3, -0.25) is 34.2 Å². The molecule has 0 saturated carbocycles. The highest BCUT2D eigenvalue weighted by atomic mass is 19.1. The van der Waals surface area contributed by atoms with E-state index in [0.717, 1.165) is 11.0 Å². The molecule has 2 aromatic rings. The van der Waals surface area contributed by atoms with Crippen LogP contribution in [0.4, 0.5) is 25.4 Å². The van der Waals surface area contributed by atoms with E-state index < -0.39 is 46.7 Å². The SMILES string of the molecule is CC(C)[C@H](NC(=O)CCCCCN1C(=O)C=CC1=O)/C(F)=C/C(CCCNC(N)=O)C(=O)Nc1ccc(COC(=O)Oc2ccc([N+](=O)[O-])cc2)cc1. The predicted octanol–water partition coefficient (Wildman–Crippen LogP) is 4.79. The van der Waals surface area contributed by atoms with Crippen LogP contribution in [0.25, 0.3) is 0 Å². The zero-order chi connectivity index (χ0) is 38.9. The number of nitrogens with two attached hydrogens (primary N) is 1. The Bertz CT molecular complexity index is 1680. The zero-order valence-corrected chi connectivity index (χ0v) is 29.4. The van der Waals surface area contributed by atoms with E-state index in [0.29, 0.717) is 36.9 Å². The standard InChI is InChI=1S/C36H43FN6O10/c1-23(2)33(41-30(44)8-4-3-5-20-42-31(45)17-18-32(42)46)29(37)21-25(7-6-19-39-35(38)48)34(47)40-26-11-9-24(10-12-26)22-52-36(49)53-28-15-13-27(14-16-28)43(50)51/h9-18,21,23,25,33H,3-8,19-20,22H2,1-2H3,(H,40,47)(H,41,44)(H3,38,39,48)/b29-21-/t25?,33-/m0/s1. The number of ether oxygens (including phenoxy) is 2. The second-order valence-corrected chi connectivity index (χ2v) is 12.4. The Labute approximate surface area is 305 Å². The predicted molar refractivity (Wildman–Crippen MR) is 190 cm³/mol. The second-order valence-electron chi connectivity index (χ2n) is 12.4. The van der Waals surface area contributed by atoms with Crippen LogP contribution < -0.4 is 26.4 Å². The fraction of sp³-hybridized carbons (Fsp3) is 0.389. The quantitative estimate of drug-likeness (QED) is 0.0362. The summed E-state index contributed by atoms with van der Waals surface area (Å²) in [5.74, 6) is -3.67. The number of amides is 6. The van der Waals surface area contributed by atoms with Gasteiger partial charge in [-0.2, -0.15) is 0 Å². The van der Waals surface area contributed by atoms with Crippen molar-refractivity contribution in [3.63, 3.8) is 0 Å². The molecule has 53 heavy (non-hydrogen) atoms. The van der Waals surface area contributed by atoms with Gasteiger partial charge in [-0.25, -0.2) is 14.0 Å². The largest absolute Gasteiger partial charge is 0.514 e. The molecule has 5 N–H and O–H groups in total. The van der Waals surface area contributed by atoms with Crippen molar-refractivity contribution in [1.82, 2.24) is 15.5 Å². The normalized spacial score (nSPS) is 13.7. The zero-order valence-electron chi connectivity index (χ0n) is 29.4. The molecule has 0 aliphatic carbocycles. The van der Waals surface area contributed by atoms with E-state index in [2.05, 4.69) is 16.0 Å². The van der Waals surface area contributed by atoms with E-state index in [9.17, 15) is 38.9 Å². The number of benzene rings is 2. The van der Waals surface area contributed by atoms with Crippen molar-refractivity contribution in [1.29, 1.82) is 0 Å². The van der Waals surface area contributed by atoms with Gasteiger partial charge in [0.25, 0.3) is 17.5 Å². The number of rotatable bonds is 20. The third-order valence-electron chi connectivity index (χ3n) is 7.98. The van der Waals surface area contributed by atoms with Gasteiger partial charge in [0.05, 0.1) is 16.9 Å². The lowest BCUT2D eigenvalue weighted by Gasteiger charge is -2.22. The first-order valence-electron chi connectivity index (χ1n) is 17.0. The molecule has 6 amide bonds. The third-order valence-corrected chi connectivity index (χ3v) is 7.98. The first-order valence-corrected chi connectivity index (χ1v) is 17.0. The molecule has 2 atom stereocenters. The van der Waals surface area contributed by atoms with Gasteiger partial charge in [0.1, 0.15) is 18.2 Å². The van der Waals surface area contributed by atoms with E-state index in [1.807, 2.05) is 0 Å². The Morgan fingerprint density at radius 2 is 1.62 bits per heavy atom. The molecule has 0 spiro atoms. The number of anilines is 1. The summed E-state index contributed by atoms with van der Waals surface area (Å²) in [6, 6.07) is 9.41. The van der Waals surface area contributed by atoms with Crippen LogP contribution in [-0.4, -0.2) is 64.8 Å². The minimum absolute atomic E-state index is 0.0593. The summed E-state index contributed by atoms with van der Waals surface area (Å²) >= 11 is 0. The molecule has 0 bridgehead atoms. The second kappa shape index (κ2) is 20.7. The van der Waals surface area contributed by atoms with E-state index in [1.165, 1.54) is 36.4 Å². The Morgan fingerprint density at radius 1 is 0.962 bits per heavy atom. The summed E-state index contributed by atoms with van der Waals surface area (Å²) in [6.45, 7) is 3.67. The van der Waals surface area contributed by atoms with Crippen LogP contribution in [0.1, 0.15) is 57.9 Å². The number of unbranched alkanes of at least 4 members (excludes halogenated alkanes) is 2. The number of non-ortho nitro benzene ring substituents is 1. The van der Waals surface area contributed by atoms with Gasteiger partial charge < -0.3 is 31.2 Å². The smallest absolute Gasteiger partial charge is 0.429 e. The number of carbonyl (C=O) groups is 6. The highest BCUT2D eigenvalue weighted by Crippen LogP contribution is 2.22. The fourth-order valence-electron chi connectivity index (χ4n) is 5.13. The number of urea groups is 1. The molecule has 1 aliphatic rings. The van der Waals surface area contributed by atoms with Gasteiger partial charge >= 0.3 is 12.2 Å². The number of nitro groups is 1. The van der Waals surface area contributed by atoms with Crippen molar-refractivity contribution in [3.8, 4) is 5.75 Å². The molecule has 284 valence electrons.